The molecule has 1 aliphatic rings. The van der Waals surface area contributed by atoms with E-state index < -0.39 is 0 Å². The van der Waals surface area contributed by atoms with E-state index in [0.717, 1.165) is 30.8 Å². The number of hydrogen-bond donors (Lipinski definition) is 2. The monoisotopic (exact) mass is 234 g/mol. The van der Waals surface area contributed by atoms with E-state index in [1.807, 2.05) is 12.1 Å². The minimum absolute atomic E-state index is 0.00136. The minimum Gasteiger partial charge on any atom is -0.493 e. The molecule has 1 heterocycles. The van der Waals surface area contributed by atoms with Crippen LogP contribution in [0.4, 0.5) is 0 Å². The zero-order chi connectivity index (χ0) is 12.1. The van der Waals surface area contributed by atoms with Crippen molar-refractivity contribution < 1.29 is 9.53 Å². The Balaban J connectivity index is 1.95. The topological polar surface area (TPSA) is 64.4 Å². The maximum absolute atomic E-state index is 11.3. The summed E-state index contributed by atoms with van der Waals surface area (Å²) in [5.74, 6) is 0.981. The summed E-state index contributed by atoms with van der Waals surface area (Å²) in [6.45, 7) is 1.76. The third-order valence-corrected chi connectivity index (χ3v) is 2.83. The highest BCUT2D eigenvalue weighted by molar-refractivity contribution is 5.76. The maximum Gasteiger partial charge on any atom is 0.221 e. The molecule has 0 spiro atoms. The van der Waals surface area contributed by atoms with Crippen molar-refractivity contribution in [3.63, 3.8) is 0 Å². The number of aryl methyl sites for hydroxylation is 1. The van der Waals surface area contributed by atoms with Gasteiger partial charge in [-0.15, -0.1) is 0 Å². The first-order chi connectivity index (χ1) is 8.29. The second kappa shape index (κ2) is 5.68. The molecule has 0 fully saturated rings. The summed E-state index contributed by atoms with van der Waals surface area (Å²) in [4.78, 5) is 11.3. The van der Waals surface area contributed by atoms with Crippen LogP contribution in [0.3, 0.4) is 0 Å². The van der Waals surface area contributed by atoms with Crippen molar-refractivity contribution in [3.8, 4) is 5.75 Å². The van der Waals surface area contributed by atoms with Crippen molar-refractivity contribution in [1.82, 2.24) is 5.32 Å². The number of carbonyl (C=O) groups excluding carboxylic acids is 1. The first-order valence-corrected chi connectivity index (χ1v) is 6.01. The highest BCUT2D eigenvalue weighted by Crippen LogP contribution is 2.25. The fourth-order valence-corrected chi connectivity index (χ4v) is 1.94. The summed E-state index contributed by atoms with van der Waals surface area (Å²) < 4.78 is 5.54. The molecule has 0 aromatic heterocycles. The van der Waals surface area contributed by atoms with Crippen molar-refractivity contribution in [1.29, 1.82) is 0 Å². The summed E-state index contributed by atoms with van der Waals surface area (Å²) >= 11 is 0. The van der Waals surface area contributed by atoms with E-state index in [1.165, 1.54) is 5.56 Å². The fourth-order valence-electron chi connectivity index (χ4n) is 1.94. The molecule has 92 valence electrons. The van der Waals surface area contributed by atoms with Gasteiger partial charge in [-0.05, 0) is 30.0 Å². The van der Waals surface area contributed by atoms with Crippen molar-refractivity contribution in [2.75, 3.05) is 13.2 Å². The number of benzene rings is 1. The number of hydrogen-bond acceptors (Lipinski definition) is 3. The van der Waals surface area contributed by atoms with Crippen molar-refractivity contribution in [3.05, 3.63) is 29.3 Å². The molecular weight excluding hydrogens is 216 g/mol. The molecule has 0 aliphatic carbocycles. The van der Waals surface area contributed by atoms with E-state index in [0.29, 0.717) is 19.5 Å². The Bertz CT molecular complexity index is 404. The average molecular weight is 234 g/mol. The van der Waals surface area contributed by atoms with Gasteiger partial charge in [0.25, 0.3) is 0 Å². The molecule has 2 rings (SSSR count). The first kappa shape index (κ1) is 11.9. The van der Waals surface area contributed by atoms with Crippen LogP contribution in [0, 0.1) is 0 Å². The zero-order valence-electron chi connectivity index (χ0n) is 9.87. The number of nitrogens with one attached hydrogen (secondary N) is 1. The molecule has 1 aliphatic heterocycles. The molecule has 4 nitrogen and oxygen atoms in total. The van der Waals surface area contributed by atoms with Crippen LogP contribution in [0.15, 0.2) is 18.2 Å². The molecule has 1 amide bonds. The Morgan fingerprint density at radius 1 is 1.47 bits per heavy atom. The highest BCUT2D eigenvalue weighted by atomic mass is 16.5. The lowest BCUT2D eigenvalue weighted by Gasteiger charge is -2.18. The predicted molar refractivity (Wildman–Crippen MR) is 65.8 cm³/mol. The number of carbonyl (C=O) groups is 1. The Kier molecular flexibility index (Phi) is 3.98. The number of rotatable bonds is 4. The van der Waals surface area contributed by atoms with E-state index >= 15 is 0 Å². The Morgan fingerprint density at radius 3 is 3.18 bits per heavy atom. The summed E-state index contributed by atoms with van der Waals surface area (Å²) in [6.07, 6.45) is 2.50. The molecule has 0 saturated carbocycles. The molecule has 3 N–H and O–H groups in total. The summed E-state index contributed by atoms with van der Waals surface area (Å²) in [5, 5.41) is 2.85. The minimum atomic E-state index is 0.00136. The Hall–Kier alpha value is -1.55. The molecule has 17 heavy (non-hydrogen) atoms. The zero-order valence-corrected chi connectivity index (χ0v) is 9.87. The maximum atomic E-state index is 11.3. The molecule has 0 atom stereocenters. The van der Waals surface area contributed by atoms with Gasteiger partial charge < -0.3 is 15.8 Å². The van der Waals surface area contributed by atoms with Crippen LogP contribution < -0.4 is 15.8 Å². The quantitative estimate of drug-likeness (QED) is 0.816. The molecule has 4 heteroatoms. The van der Waals surface area contributed by atoms with Crippen molar-refractivity contribution in [2.45, 2.75) is 25.8 Å². The lowest BCUT2D eigenvalue weighted by Crippen LogP contribution is -2.25. The number of nitrogens with two attached hydrogens (primary N) is 1. The van der Waals surface area contributed by atoms with Gasteiger partial charge in [-0.25, -0.2) is 0 Å². The smallest absolute Gasteiger partial charge is 0.221 e. The van der Waals surface area contributed by atoms with Gasteiger partial charge in [-0.3, -0.25) is 4.79 Å². The van der Waals surface area contributed by atoms with Gasteiger partial charge >= 0.3 is 0 Å². The van der Waals surface area contributed by atoms with Crippen LogP contribution in [-0.2, 0) is 17.8 Å². The summed E-state index contributed by atoms with van der Waals surface area (Å²) in [5.41, 5.74) is 7.66. The number of fused-ring (bicyclic) bond motifs is 1. The van der Waals surface area contributed by atoms with Gasteiger partial charge in [0.1, 0.15) is 5.75 Å². The standard InChI is InChI=1S/C13H18N2O2/c14-6-5-13(16)15-9-10-3-4-12-11(8-10)2-1-7-17-12/h3-4,8H,1-2,5-7,9,14H2,(H,15,16). The normalized spacial score (nSPS) is 13.7. The molecule has 0 radical (unpaired) electrons. The van der Waals surface area contributed by atoms with Crippen LogP contribution in [0.2, 0.25) is 0 Å². The van der Waals surface area contributed by atoms with Gasteiger partial charge in [-0.1, -0.05) is 12.1 Å². The van der Waals surface area contributed by atoms with Gasteiger partial charge in [0.15, 0.2) is 0 Å². The molecule has 0 unspecified atom stereocenters. The third kappa shape index (κ3) is 3.20. The molecule has 1 aromatic rings. The van der Waals surface area contributed by atoms with Gasteiger partial charge in [0.05, 0.1) is 6.61 Å². The third-order valence-electron chi connectivity index (χ3n) is 2.83. The van der Waals surface area contributed by atoms with E-state index in [4.69, 9.17) is 10.5 Å². The molecule has 1 aromatic carbocycles. The van der Waals surface area contributed by atoms with Crippen molar-refractivity contribution >= 4 is 5.91 Å². The lowest BCUT2D eigenvalue weighted by atomic mass is 10.0. The average Bonchev–Trinajstić information content (AvgIpc) is 2.36. The van der Waals surface area contributed by atoms with Gasteiger partial charge in [0.2, 0.25) is 5.91 Å². The SMILES string of the molecule is NCCC(=O)NCc1ccc2c(c1)CCCO2. The van der Waals surface area contributed by atoms with Crippen LogP contribution in [0.25, 0.3) is 0 Å². The van der Waals surface area contributed by atoms with E-state index in [-0.39, 0.29) is 5.91 Å². The summed E-state index contributed by atoms with van der Waals surface area (Å²) in [6, 6.07) is 6.09. The second-order valence-corrected chi connectivity index (χ2v) is 4.21. The number of ether oxygens (including phenoxy) is 1. The largest absolute Gasteiger partial charge is 0.493 e. The summed E-state index contributed by atoms with van der Waals surface area (Å²) in [7, 11) is 0. The van der Waals surface area contributed by atoms with Crippen LogP contribution in [0.1, 0.15) is 24.0 Å². The predicted octanol–water partition coefficient (Wildman–Crippen LogP) is 0.977. The van der Waals surface area contributed by atoms with E-state index in [1.54, 1.807) is 0 Å². The molecule has 0 bridgehead atoms. The van der Waals surface area contributed by atoms with Gasteiger partial charge in [0, 0.05) is 19.5 Å². The Morgan fingerprint density at radius 2 is 2.35 bits per heavy atom. The van der Waals surface area contributed by atoms with Crippen LogP contribution in [0.5, 0.6) is 5.75 Å². The van der Waals surface area contributed by atoms with Gasteiger partial charge in [-0.2, -0.15) is 0 Å². The highest BCUT2D eigenvalue weighted by Gasteiger charge is 2.10. The molecular formula is C13H18N2O2. The van der Waals surface area contributed by atoms with Crippen molar-refractivity contribution in [2.24, 2.45) is 5.73 Å². The van der Waals surface area contributed by atoms with E-state index in [2.05, 4.69) is 11.4 Å². The molecule has 0 saturated heterocycles. The second-order valence-electron chi connectivity index (χ2n) is 4.21. The number of amides is 1. The van der Waals surface area contributed by atoms with E-state index in [9.17, 15) is 4.79 Å². The van der Waals surface area contributed by atoms with Crippen LogP contribution in [-0.4, -0.2) is 19.1 Å². The first-order valence-electron chi connectivity index (χ1n) is 6.01. The fraction of sp³-hybridized carbons (Fsp3) is 0.462. The van der Waals surface area contributed by atoms with Crippen LogP contribution >= 0.6 is 0 Å². The lowest BCUT2D eigenvalue weighted by molar-refractivity contribution is -0.121. The Labute approximate surface area is 101 Å².